The summed E-state index contributed by atoms with van der Waals surface area (Å²) < 4.78 is 0. The number of carbonyl (C=O) groups excluding carboxylic acids is 1. The first-order chi connectivity index (χ1) is 13.4. The standard InChI is InChI=1S/C22H25N3OS2/c1-12-5-6-16-17(9-12)28-22-19(16)21(23-11-24-22)27-10-18(26)25-20-14(3)7-13(2)8-15(20)4/h7-8,11-12H,5-6,9-10H2,1-4H3,(H,25,26)/t12-/m0/s1. The smallest absolute Gasteiger partial charge is 0.234 e. The summed E-state index contributed by atoms with van der Waals surface area (Å²) in [5.41, 5.74) is 5.74. The van der Waals surface area contributed by atoms with Crippen LogP contribution in [0.2, 0.25) is 0 Å². The van der Waals surface area contributed by atoms with E-state index in [0.29, 0.717) is 5.75 Å². The fraction of sp³-hybridized carbons (Fsp3) is 0.409. The van der Waals surface area contributed by atoms with Crippen molar-refractivity contribution in [3.8, 4) is 0 Å². The first-order valence-corrected chi connectivity index (χ1v) is 11.5. The predicted molar refractivity (Wildman–Crippen MR) is 119 cm³/mol. The molecule has 2 heterocycles. The molecule has 1 aliphatic carbocycles. The van der Waals surface area contributed by atoms with Gasteiger partial charge in [0.15, 0.2) is 0 Å². The number of thiophene rings is 1. The molecule has 0 fully saturated rings. The van der Waals surface area contributed by atoms with Crippen LogP contribution < -0.4 is 5.32 Å². The van der Waals surface area contributed by atoms with Gasteiger partial charge in [-0.25, -0.2) is 9.97 Å². The van der Waals surface area contributed by atoms with Crippen molar-refractivity contribution in [3.05, 3.63) is 45.6 Å². The molecule has 1 atom stereocenters. The molecule has 4 rings (SSSR count). The van der Waals surface area contributed by atoms with Gasteiger partial charge in [0, 0.05) is 16.0 Å². The Bertz CT molecular complexity index is 1030. The normalized spacial score (nSPS) is 16.2. The van der Waals surface area contributed by atoms with Crippen LogP contribution in [-0.4, -0.2) is 21.6 Å². The predicted octanol–water partition coefficient (Wildman–Crippen LogP) is 5.47. The lowest BCUT2D eigenvalue weighted by atomic mass is 9.89. The van der Waals surface area contributed by atoms with E-state index in [-0.39, 0.29) is 5.91 Å². The molecule has 28 heavy (non-hydrogen) atoms. The molecule has 6 heteroatoms. The number of hydrogen-bond acceptors (Lipinski definition) is 5. The van der Waals surface area contributed by atoms with E-state index < -0.39 is 0 Å². The molecule has 0 unspecified atom stereocenters. The molecule has 2 aromatic heterocycles. The van der Waals surface area contributed by atoms with Gasteiger partial charge in [-0.05, 0) is 62.6 Å². The topological polar surface area (TPSA) is 54.9 Å². The fourth-order valence-corrected chi connectivity index (χ4v) is 6.28. The Labute approximate surface area is 174 Å². The number of hydrogen-bond donors (Lipinski definition) is 1. The highest BCUT2D eigenvalue weighted by atomic mass is 32.2. The highest BCUT2D eigenvalue weighted by molar-refractivity contribution is 8.00. The van der Waals surface area contributed by atoms with Gasteiger partial charge in [0.25, 0.3) is 0 Å². The van der Waals surface area contributed by atoms with Gasteiger partial charge in [-0.15, -0.1) is 11.3 Å². The second-order valence-electron chi connectivity index (χ2n) is 7.82. The zero-order chi connectivity index (χ0) is 19.8. The van der Waals surface area contributed by atoms with Crippen molar-refractivity contribution >= 4 is 44.9 Å². The third-order valence-electron chi connectivity index (χ3n) is 5.34. The fourth-order valence-electron chi connectivity index (χ4n) is 4.04. The number of nitrogens with one attached hydrogen (secondary N) is 1. The van der Waals surface area contributed by atoms with Crippen LogP contribution in [0.25, 0.3) is 10.2 Å². The Kier molecular flexibility index (Phi) is 5.43. The van der Waals surface area contributed by atoms with Gasteiger partial charge in [0.05, 0.1) is 5.75 Å². The van der Waals surface area contributed by atoms with Crippen LogP contribution in [0, 0.1) is 26.7 Å². The molecule has 3 aromatic rings. The lowest BCUT2D eigenvalue weighted by Crippen LogP contribution is -2.16. The summed E-state index contributed by atoms with van der Waals surface area (Å²) in [4.78, 5) is 24.1. The first-order valence-electron chi connectivity index (χ1n) is 9.68. The molecule has 0 bridgehead atoms. The molecule has 146 valence electrons. The number of anilines is 1. The van der Waals surface area contributed by atoms with E-state index in [1.54, 1.807) is 17.7 Å². The lowest BCUT2D eigenvalue weighted by Gasteiger charge is -2.18. The molecule has 1 amide bonds. The minimum atomic E-state index is 0.00420. The molecule has 1 N–H and O–H groups in total. The molecule has 4 nitrogen and oxygen atoms in total. The van der Waals surface area contributed by atoms with Gasteiger partial charge < -0.3 is 5.32 Å². The Morgan fingerprint density at radius 2 is 2.00 bits per heavy atom. The van der Waals surface area contributed by atoms with Crippen molar-refractivity contribution in [2.24, 2.45) is 5.92 Å². The monoisotopic (exact) mass is 411 g/mol. The summed E-state index contributed by atoms with van der Waals surface area (Å²) in [6.07, 6.45) is 5.06. The Morgan fingerprint density at radius 3 is 2.75 bits per heavy atom. The number of amides is 1. The van der Waals surface area contributed by atoms with E-state index in [0.717, 1.165) is 45.4 Å². The quantitative estimate of drug-likeness (QED) is 0.457. The van der Waals surface area contributed by atoms with Gasteiger partial charge in [-0.3, -0.25) is 4.79 Å². The number of carbonyl (C=O) groups is 1. The van der Waals surface area contributed by atoms with Crippen LogP contribution in [0.1, 0.15) is 40.5 Å². The maximum Gasteiger partial charge on any atom is 0.234 e. The number of benzene rings is 1. The van der Waals surface area contributed by atoms with Crippen molar-refractivity contribution in [1.29, 1.82) is 0 Å². The van der Waals surface area contributed by atoms with E-state index in [4.69, 9.17) is 0 Å². The second-order valence-corrected chi connectivity index (χ2v) is 9.87. The van der Waals surface area contributed by atoms with Gasteiger partial charge in [-0.1, -0.05) is 36.4 Å². The van der Waals surface area contributed by atoms with E-state index in [2.05, 4.69) is 41.3 Å². The van der Waals surface area contributed by atoms with Crippen molar-refractivity contribution in [3.63, 3.8) is 0 Å². The van der Waals surface area contributed by atoms with E-state index in [1.165, 1.54) is 39.6 Å². The molecular weight excluding hydrogens is 386 g/mol. The average molecular weight is 412 g/mol. The Hall–Kier alpha value is -1.92. The van der Waals surface area contributed by atoms with Gasteiger partial charge in [0.1, 0.15) is 16.2 Å². The zero-order valence-electron chi connectivity index (χ0n) is 16.8. The molecule has 1 aliphatic rings. The number of fused-ring (bicyclic) bond motifs is 3. The zero-order valence-corrected chi connectivity index (χ0v) is 18.4. The van der Waals surface area contributed by atoms with Crippen LogP contribution in [0.3, 0.4) is 0 Å². The third kappa shape index (κ3) is 3.80. The summed E-state index contributed by atoms with van der Waals surface area (Å²) in [7, 11) is 0. The number of aryl methyl sites for hydroxylation is 4. The number of thioether (sulfide) groups is 1. The van der Waals surface area contributed by atoms with Crippen molar-refractivity contribution in [2.45, 2.75) is 52.0 Å². The lowest BCUT2D eigenvalue weighted by molar-refractivity contribution is -0.113. The number of aromatic nitrogens is 2. The highest BCUT2D eigenvalue weighted by Gasteiger charge is 2.23. The van der Waals surface area contributed by atoms with E-state index in [9.17, 15) is 4.79 Å². The minimum Gasteiger partial charge on any atom is -0.325 e. The SMILES string of the molecule is Cc1cc(C)c(NC(=O)CSc2ncnc3sc4c(c23)CC[C@H](C)C4)c(C)c1. The van der Waals surface area contributed by atoms with Crippen LogP contribution >= 0.6 is 23.1 Å². The molecule has 1 aromatic carbocycles. The summed E-state index contributed by atoms with van der Waals surface area (Å²) >= 11 is 3.31. The second kappa shape index (κ2) is 7.84. The summed E-state index contributed by atoms with van der Waals surface area (Å²) in [5.74, 6) is 1.08. The van der Waals surface area contributed by atoms with Crippen LogP contribution in [0.4, 0.5) is 5.69 Å². The Balaban J connectivity index is 1.52. The maximum atomic E-state index is 12.6. The van der Waals surface area contributed by atoms with Crippen LogP contribution in [-0.2, 0) is 17.6 Å². The van der Waals surface area contributed by atoms with Gasteiger partial charge in [0.2, 0.25) is 5.91 Å². The molecule has 0 radical (unpaired) electrons. The van der Waals surface area contributed by atoms with Crippen molar-refractivity contribution in [2.75, 3.05) is 11.1 Å². The minimum absolute atomic E-state index is 0.00420. The van der Waals surface area contributed by atoms with Crippen LogP contribution in [0.5, 0.6) is 0 Å². The highest BCUT2D eigenvalue weighted by Crippen LogP contribution is 2.40. The van der Waals surface area contributed by atoms with E-state index in [1.807, 2.05) is 13.8 Å². The van der Waals surface area contributed by atoms with Gasteiger partial charge in [-0.2, -0.15) is 0 Å². The summed E-state index contributed by atoms with van der Waals surface area (Å²) in [6.45, 7) is 8.46. The Morgan fingerprint density at radius 1 is 1.25 bits per heavy atom. The third-order valence-corrected chi connectivity index (χ3v) is 7.49. The van der Waals surface area contributed by atoms with Crippen LogP contribution in [0.15, 0.2) is 23.5 Å². The first kappa shape index (κ1) is 19.4. The molecule has 0 aliphatic heterocycles. The maximum absolute atomic E-state index is 12.6. The number of rotatable bonds is 4. The van der Waals surface area contributed by atoms with E-state index >= 15 is 0 Å². The number of nitrogens with zero attached hydrogens (tertiary/aromatic N) is 2. The summed E-state index contributed by atoms with van der Waals surface area (Å²) in [5, 5.41) is 5.20. The van der Waals surface area contributed by atoms with Crippen molar-refractivity contribution in [1.82, 2.24) is 9.97 Å². The molecule has 0 saturated carbocycles. The molecule has 0 saturated heterocycles. The molecule has 0 spiro atoms. The average Bonchev–Trinajstić information content (AvgIpc) is 3.00. The van der Waals surface area contributed by atoms with Gasteiger partial charge >= 0.3 is 0 Å². The molecular formula is C22H25N3OS2. The summed E-state index contributed by atoms with van der Waals surface area (Å²) in [6, 6.07) is 4.20. The van der Waals surface area contributed by atoms with Crippen molar-refractivity contribution < 1.29 is 4.79 Å². The largest absolute Gasteiger partial charge is 0.325 e.